The van der Waals surface area contributed by atoms with E-state index in [4.69, 9.17) is 4.11 Å². The van der Waals surface area contributed by atoms with Gasteiger partial charge in [0.2, 0.25) is 0 Å². The van der Waals surface area contributed by atoms with Crippen LogP contribution < -0.4 is 18.3 Å². The first-order valence-corrected chi connectivity index (χ1v) is 44.9. The lowest BCUT2D eigenvalue weighted by Crippen LogP contribution is -2.46. The molecular formula is C113H142N8+4. The summed E-state index contributed by atoms with van der Waals surface area (Å²) in [6, 6.07) is 95.1. The van der Waals surface area contributed by atoms with Gasteiger partial charge in [-0.25, -0.2) is 22.8 Å². The number of benzene rings is 11. The van der Waals surface area contributed by atoms with Crippen LogP contribution in [0.5, 0.6) is 0 Å². The Kier molecular flexibility index (Phi) is 25.5. The Labute approximate surface area is 731 Å². The third kappa shape index (κ3) is 16.8. The van der Waals surface area contributed by atoms with Gasteiger partial charge in [-0.05, 0) is 303 Å². The van der Waals surface area contributed by atoms with Crippen LogP contribution in [0.1, 0.15) is 328 Å². The van der Waals surface area contributed by atoms with E-state index in [-0.39, 0.29) is 22.3 Å². The second kappa shape index (κ2) is 36.2. The fraction of sp³-hybridized carbons (Fsp3) is 0.381. The van der Waals surface area contributed by atoms with Gasteiger partial charge in [-0.15, -0.1) is 0 Å². The topological polar surface area (TPSA) is 35.2 Å². The average molecular weight is 1620 g/mol. The van der Waals surface area contributed by atoms with Crippen molar-refractivity contribution < 1.29 is 22.4 Å². The zero-order valence-electron chi connectivity index (χ0n) is 81.6. The SMILES string of the molecule is CC(C)c1ccccc1C(C)(C)c1n(-c2ccccc2)c2ccccc2[n+]1C(C)C.CC(C)c1ccccc1C(C)(C)c1n(C(C)C)c2ccccc2[n+]1C(C)C.Cc1cccc(C)c1-n1c(C(C)(C)c2ccccc2C(C)C)[n+](C(C)C)c2ccccc21.[2H]C([2H])([2H])c1cccc(C)c1-n1c(C(C)(C)c2ccccc2C(C)C)[n+](C(C)C)c2ccccc21. The highest BCUT2D eigenvalue weighted by atomic mass is 15.2. The van der Waals surface area contributed by atoms with E-state index in [1.807, 2.05) is 25.1 Å². The van der Waals surface area contributed by atoms with Gasteiger partial charge < -0.3 is 0 Å². The number of fused-ring (bicyclic) bond motifs is 4. The van der Waals surface area contributed by atoms with Crippen molar-refractivity contribution in [2.24, 2.45) is 0 Å². The smallest absolute Gasteiger partial charge is 0.224 e. The molecule has 0 aliphatic carbocycles. The largest absolute Gasteiger partial charge is 0.273 e. The fourth-order valence-corrected chi connectivity index (χ4v) is 19.9. The van der Waals surface area contributed by atoms with Gasteiger partial charge in [-0.1, -0.05) is 256 Å². The molecule has 4 heterocycles. The zero-order chi connectivity index (χ0) is 90.3. The Morgan fingerprint density at radius 1 is 0.248 bits per heavy atom. The fourth-order valence-electron chi connectivity index (χ4n) is 19.9. The maximum atomic E-state index is 8.35. The Morgan fingerprint density at radius 2 is 0.488 bits per heavy atom. The van der Waals surface area contributed by atoms with Gasteiger partial charge in [0.05, 0.1) is 51.9 Å². The number of rotatable bonds is 20. The summed E-state index contributed by atoms with van der Waals surface area (Å²) >= 11 is 0. The third-order valence-corrected chi connectivity index (χ3v) is 25.3. The molecule has 0 fully saturated rings. The highest BCUT2D eigenvalue weighted by Gasteiger charge is 2.47. The standard InChI is InChI=1S/2C30H37N2.C28H33N2.C25H35N2/c2*1-20(2)24-16-9-10-17-25(24)30(7,8)29-31(21(3)4)26-18-11-12-19-27(26)32(29)28-22(5)14-13-15-23(28)6;1-20(2)23-16-10-11-17-24(23)28(5,6)27-29(21(3)4)25-18-12-13-19-26(25)30(27)22-14-8-7-9-15-22;1-17(2)20-13-9-10-14-21(20)25(7,8)24-26(18(3)4)22-15-11-12-16-23(22)27(24)19(5)6/h2*9-21H,1-8H3;7-21H,1-6H3;9-19H,1-8H3/q4*+1/i5D3;;;. The second-order valence-corrected chi connectivity index (χ2v) is 38.6. The molecule has 0 N–H and O–H groups in total. The van der Waals surface area contributed by atoms with Gasteiger partial charge >= 0.3 is 0 Å². The number of hydrogen-bond donors (Lipinski definition) is 0. The molecule has 0 radical (unpaired) electrons. The number of para-hydroxylation sites is 11. The molecule has 0 aliphatic rings. The Balaban J connectivity index is 0.000000151. The summed E-state index contributed by atoms with van der Waals surface area (Å²) in [4.78, 5) is 0. The van der Waals surface area contributed by atoms with Gasteiger partial charge in [0, 0.05) is 4.11 Å². The van der Waals surface area contributed by atoms with Crippen LogP contribution in [0.15, 0.2) is 261 Å². The maximum Gasteiger partial charge on any atom is 0.273 e. The minimum atomic E-state index is -2.23. The molecule has 11 aromatic carbocycles. The van der Waals surface area contributed by atoms with E-state index >= 15 is 0 Å². The van der Waals surface area contributed by atoms with Crippen molar-refractivity contribution >= 4 is 44.1 Å². The Bertz CT molecular complexity index is 6210. The lowest BCUT2D eigenvalue weighted by molar-refractivity contribution is -0.702. The first-order chi connectivity index (χ1) is 58.5. The molecule has 630 valence electrons. The summed E-state index contributed by atoms with van der Waals surface area (Å²) in [5, 5.41) is 0. The van der Waals surface area contributed by atoms with Gasteiger partial charge in [0.15, 0.2) is 44.1 Å². The van der Waals surface area contributed by atoms with E-state index in [1.54, 1.807) is 6.07 Å². The van der Waals surface area contributed by atoms with Gasteiger partial charge in [0.1, 0.15) is 17.1 Å². The lowest BCUT2D eigenvalue weighted by atomic mass is 9.78. The van der Waals surface area contributed by atoms with Crippen LogP contribution in [0.4, 0.5) is 0 Å². The van der Waals surface area contributed by atoms with E-state index in [0.29, 0.717) is 53.4 Å². The number of aryl methyl sites for hydroxylation is 4. The van der Waals surface area contributed by atoms with Crippen molar-refractivity contribution in [2.75, 3.05) is 0 Å². The van der Waals surface area contributed by atoms with Crippen molar-refractivity contribution in [2.45, 2.75) is 283 Å². The van der Waals surface area contributed by atoms with Crippen LogP contribution in [-0.2, 0) is 21.7 Å². The van der Waals surface area contributed by atoms with Crippen LogP contribution in [0.3, 0.4) is 0 Å². The van der Waals surface area contributed by atoms with Crippen LogP contribution in [-0.4, -0.2) is 18.3 Å². The van der Waals surface area contributed by atoms with Gasteiger partial charge in [-0.3, -0.25) is 0 Å². The number of hydrogen-bond acceptors (Lipinski definition) is 0. The molecule has 121 heavy (non-hydrogen) atoms. The average Bonchev–Trinajstić information content (AvgIpc) is 1.57. The highest BCUT2D eigenvalue weighted by molar-refractivity contribution is 5.79. The third-order valence-electron chi connectivity index (χ3n) is 25.3. The monoisotopic (exact) mass is 1610 g/mol. The van der Waals surface area contributed by atoms with Crippen LogP contribution in [0, 0.1) is 27.6 Å². The predicted octanol–water partition coefficient (Wildman–Crippen LogP) is 28.6. The molecule has 8 nitrogen and oxygen atoms in total. The predicted molar refractivity (Wildman–Crippen MR) is 514 cm³/mol. The molecule has 8 heteroatoms. The minimum Gasteiger partial charge on any atom is -0.224 e. The molecular weight excluding hydrogens is 1470 g/mol. The van der Waals surface area contributed by atoms with Crippen molar-refractivity contribution in [1.29, 1.82) is 0 Å². The quantitative estimate of drug-likeness (QED) is 0.0682. The summed E-state index contributed by atoms with van der Waals surface area (Å²) in [7, 11) is 0. The number of nitrogens with zero attached hydrogens (tertiary/aromatic N) is 8. The molecule has 15 rings (SSSR count). The van der Waals surface area contributed by atoms with Crippen LogP contribution in [0.2, 0.25) is 0 Å². The highest BCUT2D eigenvalue weighted by Crippen LogP contribution is 2.45. The van der Waals surface area contributed by atoms with Crippen molar-refractivity contribution in [1.82, 2.24) is 18.3 Å². The van der Waals surface area contributed by atoms with Crippen LogP contribution >= 0.6 is 0 Å². The molecule has 0 atom stereocenters. The van der Waals surface area contributed by atoms with Gasteiger partial charge in [0.25, 0.3) is 23.3 Å². The van der Waals surface area contributed by atoms with E-state index < -0.39 is 12.3 Å². The molecule has 4 aromatic heterocycles. The summed E-state index contributed by atoms with van der Waals surface area (Å²) < 4.78 is 44.9. The Hall–Kier alpha value is -10.7. The zero-order valence-corrected chi connectivity index (χ0v) is 78.6. The molecule has 0 bridgehead atoms. The minimum absolute atomic E-state index is 0.103. The second-order valence-electron chi connectivity index (χ2n) is 38.6. The van der Waals surface area contributed by atoms with E-state index in [0.717, 1.165) is 28.1 Å². The molecule has 0 unspecified atom stereocenters. The first kappa shape index (κ1) is 85.3. The van der Waals surface area contributed by atoms with E-state index in [2.05, 4.69) is 467 Å². The van der Waals surface area contributed by atoms with Crippen LogP contribution in [0.25, 0.3) is 61.2 Å². The summed E-state index contributed by atoms with van der Waals surface area (Å²) in [5.41, 5.74) is 27.3. The molecule has 0 amide bonds. The lowest BCUT2D eigenvalue weighted by Gasteiger charge is -2.28. The first-order valence-electron chi connectivity index (χ1n) is 46.4. The van der Waals surface area contributed by atoms with E-state index in [1.165, 1.54) is 118 Å². The molecule has 0 aliphatic heterocycles. The van der Waals surface area contributed by atoms with E-state index in [9.17, 15) is 0 Å². The number of imidazole rings is 4. The molecule has 0 saturated carbocycles. The van der Waals surface area contributed by atoms with Crippen molar-refractivity contribution in [3.05, 3.63) is 351 Å². The molecule has 15 aromatic rings. The Morgan fingerprint density at radius 3 is 0.793 bits per heavy atom. The van der Waals surface area contributed by atoms with Crippen molar-refractivity contribution in [3.63, 3.8) is 0 Å². The van der Waals surface area contributed by atoms with Gasteiger partial charge in [-0.2, -0.15) is 13.7 Å². The summed E-state index contributed by atoms with van der Waals surface area (Å²) in [5.74, 6) is 6.94. The maximum absolute atomic E-state index is 8.35. The molecule has 0 spiro atoms. The summed E-state index contributed by atoms with van der Waals surface area (Å²) in [6.07, 6.45) is 0. The van der Waals surface area contributed by atoms with Crippen molar-refractivity contribution in [3.8, 4) is 17.1 Å². The number of aromatic nitrogens is 8. The normalized spacial score (nSPS) is 12.9. The molecule has 0 saturated heterocycles. The summed E-state index contributed by atoms with van der Waals surface area (Å²) in [6.45, 7) is 64.1.